The third kappa shape index (κ3) is 3.61. The van der Waals surface area contributed by atoms with Gasteiger partial charge in [-0.05, 0) is 35.9 Å². The summed E-state index contributed by atoms with van der Waals surface area (Å²) in [5, 5.41) is 6.46. The van der Waals surface area contributed by atoms with Crippen LogP contribution in [0.2, 0.25) is 0 Å². The van der Waals surface area contributed by atoms with Gasteiger partial charge in [0.2, 0.25) is 12.7 Å². The van der Waals surface area contributed by atoms with Crippen LogP contribution in [0, 0.1) is 0 Å². The van der Waals surface area contributed by atoms with Gasteiger partial charge in [-0.15, -0.1) is 0 Å². The summed E-state index contributed by atoms with van der Waals surface area (Å²) < 4.78 is 15.9. The van der Waals surface area contributed by atoms with Gasteiger partial charge in [0, 0.05) is 24.5 Å². The smallest absolute Gasteiger partial charge is 0.231 e. The summed E-state index contributed by atoms with van der Waals surface area (Å²) in [5.41, 5.74) is 1.97. The van der Waals surface area contributed by atoms with Crippen molar-refractivity contribution in [3.8, 4) is 17.2 Å². The fourth-order valence-corrected chi connectivity index (χ4v) is 2.56. The van der Waals surface area contributed by atoms with E-state index in [1.807, 2.05) is 48.5 Å². The summed E-state index contributed by atoms with van der Waals surface area (Å²) in [6.45, 7) is 0.907. The lowest BCUT2D eigenvalue weighted by Crippen LogP contribution is -2.04. The van der Waals surface area contributed by atoms with E-state index in [4.69, 9.17) is 14.2 Å². The predicted octanol–water partition coefficient (Wildman–Crippen LogP) is 3.57. The molecule has 7 heteroatoms. The highest BCUT2D eigenvalue weighted by atomic mass is 16.7. The highest BCUT2D eigenvalue weighted by Crippen LogP contribution is 2.34. The molecule has 0 spiro atoms. The molecule has 0 saturated heterocycles. The van der Waals surface area contributed by atoms with Crippen LogP contribution in [0.25, 0.3) is 0 Å². The van der Waals surface area contributed by atoms with Gasteiger partial charge in [0.25, 0.3) is 0 Å². The molecule has 0 unspecified atom stereocenters. The Morgan fingerprint density at radius 2 is 1.88 bits per heavy atom. The van der Waals surface area contributed by atoms with Gasteiger partial charge in [-0.25, -0.2) is 4.98 Å². The molecule has 0 radical (unpaired) electrons. The van der Waals surface area contributed by atoms with Crippen molar-refractivity contribution >= 4 is 17.5 Å². The maximum atomic E-state index is 5.38. The van der Waals surface area contributed by atoms with Crippen LogP contribution in [-0.2, 0) is 6.54 Å². The number of methoxy groups -OCH3 is 1. The third-order valence-electron chi connectivity index (χ3n) is 3.92. The van der Waals surface area contributed by atoms with E-state index in [1.165, 1.54) is 0 Å². The van der Waals surface area contributed by atoms with E-state index in [-0.39, 0.29) is 6.79 Å². The van der Waals surface area contributed by atoms with Gasteiger partial charge in [0.15, 0.2) is 11.5 Å². The van der Waals surface area contributed by atoms with Crippen LogP contribution < -0.4 is 24.8 Å². The van der Waals surface area contributed by atoms with Crippen molar-refractivity contribution in [2.75, 3.05) is 24.5 Å². The first-order chi connectivity index (χ1) is 12.8. The Morgan fingerprint density at radius 3 is 2.73 bits per heavy atom. The minimum absolute atomic E-state index is 0.250. The molecule has 2 aromatic carbocycles. The number of aromatic nitrogens is 2. The molecular weight excluding hydrogens is 332 g/mol. The standard InChI is InChI=1S/C19H18N4O3/c1-24-15-5-2-13(3-6-15)11-21-18-8-9-20-19(23-18)22-14-4-7-16-17(10-14)26-12-25-16/h2-10H,11-12H2,1H3,(H2,20,21,22,23). The zero-order valence-corrected chi connectivity index (χ0v) is 14.2. The molecule has 0 atom stereocenters. The summed E-state index contributed by atoms with van der Waals surface area (Å²) in [6.07, 6.45) is 1.71. The van der Waals surface area contributed by atoms with Crippen molar-refractivity contribution in [1.82, 2.24) is 9.97 Å². The number of hydrogen-bond donors (Lipinski definition) is 2. The molecule has 1 aliphatic rings. The Balaban J connectivity index is 1.41. The Hall–Kier alpha value is -3.48. The Kier molecular flexibility index (Phi) is 4.42. The van der Waals surface area contributed by atoms with E-state index < -0.39 is 0 Å². The Bertz CT molecular complexity index is 900. The van der Waals surface area contributed by atoms with Gasteiger partial charge in [-0.1, -0.05) is 12.1 Å². The molecule has 26 heavy (non-hydrogen) atoms. The molecule has 132 valence electrons. The molecule has 1 aliphatic heterocycles. The molecule has 0 amide bonds. The Labute approximate surface area is 151 Å². The SMILES string of the molecule is COc1ccc(CNc2ccnc(Nc3ccc4c(c3)OCO4)n2)cc1. The first kappa shape index (κ1) is 16.0. The van der Waals surface area contributed by atoms with Crippen LogP contribution in [0.4, 0.5) is 17.5 Å². The predicted molar refractivity (Wildman–Crippen MR) is 98.2 cm³/mol. The highest BCUT2D eigenvalue weighted by Gasteiger charge is 2.13. The van der Waals surface area contributed by atoms with E-state index in [0.717, 1.165) is 28.6 Å². The third-order valence-corrected chi connectivity index (χ3v) is 3.92. The van der Waals surface area contributed by atoms with E-state index in [2.05, 4.69) is 20.6 Å². The number of rotatable bonds is 6. The highest BCUT2D eigenvalue weighted by molar-refractivity contribution is 5.61. The second-order valence-corrected chi connectivity index (χ2v) is 5.66. The molecule has 0 bridgehead atoms. The largest absolute Gasteiger partial charge is 0.497 e. The molecule has 3 aromatic rings. The van der Waals surface area contributed by atoms with E-state index in [0.29, 0.717) is 18.2 Å². The number of nitrogens with zero attached hydrogens (tertiary/aromatic N) is 2. The van der Waals surface area contributed by atoms with Gasteiger partial charge in [-0.3, -0.25) is 0 Å². The van der Waals surface area contributed by atoms with Crippen molar-refractivity contribution in [1.29, 1.82) is 0 Å². The van der Waals surface area contributed by atoms with Gasteiger partial charge in [0.1, 0.15) is 11.6 Å². The van der Waals surface area contributed by atoms with Crippen LogP contribution in [0.5, 0.6) is 17.2 Å². The van der Waals surface area contributed by atoms with Crippen molar-refractivity contribution in [2.45, 2.75) is 6.54 Å². The van der Waals surface area contributed by atoms with E-state index >= 15 is 0 Å². The van der Waals surface area contributed by atoms with Gasteiger partial charge >= 0.3 is 0 Å². The molecule has 2 heterocycles. The number of benzene rings is 2. The number of ether oxygens (including phenoxy) is 3. The molecular formula is C19H18N4O3. The van der Waals surface area contributed by atoms with Gasteiger partial charge < -0.3 is 24.8 Å². The van der Waals surface area contributed by atoms with Crippen molar-refractivity contribution in [3.63, 3.8) is 0 Å². The lowest BCUT2D eigenvalue weighted by molar-refractivity contribution is 0.174. The average molecular weight is 350 g/mol. The molecule has 0 saturated carbocycles. The summed E-state index contributed by atoms with van der Waals surface area (Å²) in [6, 6.07) is 15.3. The van der Waals surface area contributed by atoms with Crippen LogP contribution >= 0.6 is 0 Å². The van der Waals surface area contributed by atoms with Crippen LogP contribution in [0.3, 0.4) is 0 Å². The first-order valence-electron chi connectivity index (χ1n) is 8.17. The fraction of sp³-hybridized carbons (Fsp3) is 0.158. The zero-order valence-electron chi connectivity index (χ0n) is 14.2. The minimum atomic E-state index is 0.250. The van der Waals surface area contributed by atoms with Crippen molar-refractivity contribution in [3.05, 3.63) is 60.3 Å². The second-order valence-electron chi connectivity index (χ2n) is 5.66. The summed E-state index contributed by atoms with van der Waals surface area (Å²) >= 11 is 0. The van der Waals surface area contributed by atoms with E-state index in [1.54, 1.807) is 13.3 Å². The number of anilines is 3. The van der Waals surface area contributed by atoms with Crippen LogP contribution in [-0.4, -0.2) is 23.9 Å². The van der Waals surface area contributed by atoms with Gasteiger partial charge in [0.05, 0.1) is 7.11 Å². The van der Waals surface area contributed by atoms with Crippen molar-refractivity contribution in [2.24, 2.45) is 0 Å². The fourth-order valence-electron chi connectivity index (χ4n) is 2.56. The van der Waals surface area contributed by atoms with Crippen molar-refractivity contribution < 1.29 is 14.2 Å². The summed E-state index contributed by atoms with van der Waals surface area (Å²) in [5.74, 6) is 3.53. The number of nitrogens with one attached hydrogen (secondary N) is 2. The minimum Gasteiger partial charge on any atom is -0.497 e. The monoisotopic (exact) mass is 350 g/mol. The average Bonchev–Trinajstić information content (AvgIpc) is 3.15. The molecule has 2 N–H and O–H groups in total. The zero-order chi connectivity index (χ0) is 17.8. The number of fused-ring (bicyclic) bond motifs is 1. The van der Waals surface area contributed by atoms with Gasteiger partial charge in [-0.2, -0.15) is 4.98 Å². The Morgan fingerprint density at radius 1 is 1.04 bits per heavy atom. The molecule has 4 rings (SSSR count). The second kappa shape index (κ2) is 7.18. The molecule has 7 nitrogen and oxygen atoms in total. The summed E-state index contributed by atoms with van der Waals surface area (Å²) in [4.78, 5) is 8.74. The van der Waals surface area contributed by atoms with E-state index in [9.17, 15) is 0 Å². The molecule has 1 aromatic heterocycles. The number of hydrogen-bond acceptors (Lipinski definition) is 7. The maximum Gasteiger partial charge on any atom is 0.231 e. The lowest BCUT2D eigenvalue weighted by Gasteiger charge is -2.09. The first-order valence-corrected chi connectivity index (χ1v) is 8.17. The maximum absolute atomic E-state index is 5.38. The molecule has 0 aliphatic carbocycles. The normalized spacial score (nSPS) is 11.9. The van der Waals surface area contributed by atoms with Crippen LogP contribution in [0.1, 0.15) is 5.56 Å². The molecule has 0 fully saturated rings. The topological polar surface area (TPSA) is 77.5 Å². The quantitative estimate of drug-likeness (QED) is 0.704. The van der Waals surface area contributed by atoms with Crippen LogP contribution in [0.15, 0.2) is 54.7 Å². The lowest BCUT2D eigenvalue weighted by atomic mass is 10.2. The summed E-state index contributed by atoms with van der Waals surface area (Å²) in [7, 11) is 1.66.